The maximum atomic E-state index is 6.19. The molecule has 5 heteroatoms. The van der Waals surface area contributed by atoms with E-state index in [9.17, 15) is 0 Å². The number of halogens is 2. The van der Waals surface area contributed by atoms with Crippen LogP contribution in [0, 0.1) is 0 Å². The summed E-state index contributed by atoms with van der Waals surface area (Å²) in [6, 6.07) is 4.16. The predicted molar refractivity (Wildman–Crippen MR) is 80.8 cm³/mol. The third kappa shape index (κ3) is 4.60. The standard InChI is InChI=1S/C14H21Cl2N3/c1-2-8-19(9-11-4-3-7-17-11)10-13-12(15)5-6-14(16)18-13/h5-6,11,17H,2-4,7-10H2,1H3. The second-order valence-electron chi connectivity index (χ2n) is 5.09. The smallest absolute Gasteiger partial charge is 0.129 e. The van der Waals surface area contributed by atoms with Crippen LogP contribution in [0.15, 0.2) is 12.1 Å². The van der Waals surface area contributed by atoms with E-state index in [1.54, 1.807) is 6.07 Å². The van der Waals surface area contributed by atoms with Crippen LogP contribution in [-0.4, -0.2) is 35.6 Å². The van der Waals surface area contributed by atoms with Gasteiger partial charge in [-0.05, 0) is 44.5 Å². The molecule has 0 bridgehead atoms. The molecule has 1 fully saturated rings. The molecule has 0 aliphatic carbocycles. The van der Waals surface area contributed by atoms with Crippen molar-refractivity contribution in [1.82, 2.24) is 15.2 Å². The van der Waals surface area contributed by atoms with Gasteiger partial charge in [0.1, 0.15) is 5.15 Å². The van der Waals surface area contributed by atoms with E-state index in [4.69, 9.17) is 23.2 Å². The molecule has 0 aromatic carbocycles. The van der Waals surface area contributed by atoms with E-state index in [0.717, 1.165) is 38.3 Å². The Labute approximate surface area is 125 Å². The fourth-order valence-corrected chi connectivity index (χ4v) is 2.89. The van der Waals surface area contributed by atoms with E-state index >= 15 is 0 Å². The van der Waals surface area contributed by atoms with Crippen LogP contribution >= 0.6 is 23.2 Å². The molecule has 1 atom stereocenters. The van der Waals surface area contributed by atoms with Gasteiger partial charge in [-0.25, -0.2) is 4.98 Å². The van der Waals surface area contributed by atoms with Crippen molar-refractivity contribution in [2.45, 2.75) is 38.8 Å². The van der Waals surface area contributed by atoms with Crippen LogP contribution in [0.1, 0.15) is 31.9 Å². The van der Waals surface area contributed by atoms with Crippen molar-refractivity contribution in [3.63, 3.8) is 0 Å². The summed E-state index contributed by atoms with van der Waals surface area (Å²) in [5.41, 5.74) is 0.876. The van der Waals surface area contributed by atoms with Crippen LogP contribution in [0.4, 0.5) is 0 Å². The molecule has 3 nitrogen and oxygen atoms in total. The molecule has 0 radical (unpaired) electrons. The van der Waals surface area contributed by atoms with Gasteiger partial charge < -0.3 is 5.32 Å². The largest absolute Gasteiger partial charge is 0.313 e. The van der Waals surface area contributed by atoms with E-state index in [1.807, 2.05) is 6.07 Å². The van der Waals surface area contributed by atoms with Crippen LogP contribution in [0.25, 0.3) is 0 Å². The summed E-state index contributed by atoms with van der Waals surface area (Å²) in [7, 11) is 0. The average Bonchev–Trinajstić information content (AvgIpc) is 2.87. The third-order valence-electron chi connectivity index (χ3n) is 3.44. The fourth-order valence-electron chi connectivity index (χ4n) is 2.56. The third-order valence-corrected chi connectivity index (χ3v) is 3.99. The maximum Gasteiger partial charge on any atom is 0.129 e. The van der Waals surface area contributed by atoms with Gasteiger partial charge in [-0.3, -0.25) is 4.90 Å². The first-order chi connectivity index (χ1) is 9.19. The number of aromatic nitrogens is 1. The molecule has 1 unspecified atom stereocenters. The van der Waals surface area contributed by atoms with E-state index in [-0.39, 0.29) is 0 Å². The Balaban J connectivity index is 2.00. The summed E-state index contributed by atoms with van der Waals surface area (Å²) < 4.78 is 0. The maximum absolute atomic E-state index is 6.19. The summed E-state index contributed by atoms with van der Waals surface area (Å²) in [5.74, 6) is 0. The zero-order chi connectivity index (χ0) is 13.7. The molecule has 0 amide bonds. The molecule has 106 valence electrons. The van der Waals surface area contributed by atoms with E-state index in [0.29, 0.717) is 16.2 Å². The number of pyridine rings is 1. The summed E-state index contributed by atoms with van der Waals surface area (Å²) >= 11 is 12.1. The lowest BCUT2D eigenvalue weighted by atomic mass is 10.2. The molecule has 1 aromatic heterocycles. The Morgan fingerprint density at radius 3 is 2.95 bits per heavy atom. The van der Waals surface area contributed by atoms with Crippen molar-refractivity contribution in [3.05, 3.63) is 28.0 Å². The quantitative estimate of drug-likeness (QED) is 0.817. The van der Waals surface area contributed by atoms with E-state index in [1.165, 1.54) is 12.8 Å². The second-order valence-corrected chi connectivity index (χ2v) is 5.89. The van der Waals surface area contributed by atoms with Gasteiger partial charge >= 0.3 is 0 Å². The molecular formula is C14H21Cl2N3. The highest BCUT2D eigenvalue weighted by atomic mass is 35.5. The highest BCUT2D eigenvalue weighted by Gasteiger charge is 2.18. The van der Waals surface area contributed by atoms with Crippen LogP contribution in [-0.2, 0) is 6.54 Å². The van der Waals surface area contributed by atoms with Gasteiger partial charge in [0, 0.05) is 19.1 Å². The van der Waals surface area contributed by atoms with Gasteiger partial charge in [0.15, 0.2) is 0 Å². The molecule has 2 rings (SSSR count). The lowest BCUT2D eigenvalue weighted by Gasteiger charge is -2.25. The first-order valence-corrected chi connectivity index (χ1v) is 7.71. The normalized spacial score (nSPS) is 19.3. The Morgan fingerprint density at radius 1 is 1.42 bits per heavy atom. The van der Waals surface area contributed by atoms with Crippen molar-refractivity contribution < 1.29 is 0 Å². The van der Waals surface area contributed by atoms with Crippen molar-refractivity contribution >= 4 is 23.2 Å². The van der Waals surface area contributed by atoms with Crippen LogP contribution in [0.3, 0.4) is 0 Å². The molecule has 1 N–H and O–H groups in total. The minimum atomic E-state index is 0.509. The highest BCUT2D eigenvalue weighted by molar-refractivity contribution is 6.32. The van der Waals surface area contributed by atoms with Gasteiger partial charge in [0.25, 0.3) is 0 Å². The summed E-state index contributed by atoms with van der Waals surface area (Å²) in [5, 5.41) is 4.74. The zero-order valence-electron chi connectivity index (χ0n) is 11.3. The van der Waals surface area contributed by atoms with Crippen molar-refractivity contribution in [2.75, 3.05) is 19.6 Å². The predicted octanol–water partition coefficient (Wildman–Crippen LogP) is 3.35. The zero-order valence-corrected chi connectivity index (χ0v) is 12.8. The van der Waals surface area contributed by atoms with Gasteiger partial charge in [-0.1, -0.05) is 30.1 Å². The Bertz CT molecular complexity index is 406. The molecule has 19 heavy (non-hydrogen) atoms. The fraction of sp³-hybridized carbons (Fsp3) is 0.643. The number of nitrogens with one attached hydrogen (secondary N) is 1. The molecule has 0 spiro atoms. The Hall–Kier alpha value is -0.350. The van der Waals surface area contributed by atoms with Gasteiger partial charge in [0.2, 0.25) is 0 Å². The van der Waals surface area contributed by atoms with Crippen LogP contribution in [0.5, 0.6) is 0 Å². The minimum Gasteiger partial charge on any atom is -0.313 e. The molecule has 2 heterocycles. The molecule has 1 aliphatic heterocycles. The number of rotatable bonds is 6. The first-order valence-electron chi connectivity index (χ1n) is 6.95. The molecule has 1 aliphatic rings. The van der Waals surface area contributed by atoms with Gasteiger partial charge in [0.05, 0.1) is 10.7 Å². The number of hydrogen-bond acceptors (Lipinski definition) is 3. The minimum absolute atomic E-state index is 0.509. The second kappa shape index (κ2) is 7.44. The Kier molecular flexibility index (Phi) is 5.89. The SMILES string of the molecule is CCCN(Cc1nc(Cl)ccc1Cl)CC1CCCN1. The lowest BCUT2D eigenvalue weighted by Crippen LogP contribution is -2.37. The van der Waals surface area contributed by atoms with Gasteiger partial charge in [-0.2, -0.15) is 0 Å². The highest BCUT2D eigenvalue weighted by Crippen LogP contribution is 2.19. The molecule has 1 saturated heterocycles. The Morgan fingerprint density at radius 2 is 2.26 bits per heavy atom. The van der Waals surface area contributed by atoms with Crippen molar-refractivity contribution in [3.8, 4) is 0 Å². The lowest BCUT2D eigenvalue weighted by molar-refractivity contribution is 0.239. The summed E-state index contributed by atoms with van der Waals surface area (Å²) in [4.78, 5) is 6.75. The molecule has 0 saturated carbocycles. The van der Waals surface area contributed by atoms with Crippen LogP contribution in [0.2, 0.25) is 10.2 Å². The first kappa shape index (κ1) is 15.0. The average molecular weight is 302 g/mol. The topological polar surface area (TPSA) is 28.2 Å². The van der Waals surface area contributed by atoms with Crippen molar-refractivity contribution in [1.29, 1.82) is 0 Å². The van der Waals surface area contributed by atoms with E-state index in [2.05, 4.69) is 22.1 Å². The van der Waals surface area contributed by atoms with Crippen LogP contribution < -0.4 is 5.32 Å². The van der Waals surface area contributed by atoms with Crippen molar-refractivity contribution in [2.24, 2.45) is 0 Å². The molecule has 1 aromatic rings. The summed E-state index contributed by atoms with van der Waals surface area (Å²) in [6.45, 7) is 6.22. The number of nitrogens with zero attached hydrogens (tertiary/aromatic N) is 2. The monoisotopic (exact) mass is 301 g/mol. The molecular weight excluding hydrogens is 281 g/mol. The number of hydrogen-bond donors (Lipinski definition) is 1. The summed E-state index contributed by atoms with van der Waals surface area (Å²) in [6.07, 6.45) is 3.67. The van der Waals surface area contributed by atoms with E-state index < -0.39 is 0 Å². The van der Waals surface area contributed by atoms with Gasteiger partial charge in [-0.15, -0.1) is 0 Å².